The average Bonchev–Trinajstić information content (AvgIpc) is 2.89. The van der Waals surface area contributed by atoms with Gasteiger partial charge in [-0.15, -0.1) is 0 Å². The van der Waals surface area contributed by atoms with Crippen LogP contribution in [0.4, 0.5) is 0 Å². The summed E-state index contributed by atoms with van der Waals surface area (Å²) >= 11 is 6.12. The van der Waals surface area contributed by atoms with Crippen LogP contribution in [0.3, 0.4) is 0 Å². The number of carbonyl (C=O) groups is 1. The summed E-state index contributed by atoms with van der Waals surface area (Å²) in [5, 5.41) is 0.501. The predicted octanol–water partition coefficient (Wildman–Crippen LogP) is 4.81. The Balaban J connectivity index is 1.90. The topological polar surface area (TPSA) is 38.7 Å². The van der Waals surface area contributed by atoms with Crippen LogP contribution in [0.1, 0.15) is 36.5 Å². The first-order valence-electron chi connectivity index (χ1n) is 7.42. The van der Waals surface area contributed by atoms with Gasteiger partial charge in [0.2, 0.25) is 5.90 Å². The highest BCUT2D eigenvalue weighted by Crippen LogP contribution is 2.24. The third-order valence-corrected chi connectivity index (χ3v) is 3.96. The second kappa shape index (κ2) is 6.39. The van der Waals surface area contributed by atoms with E-state index < -0.39 is 5.97 Å². The fourth-order valence-corrected chi connectivity index (χ4v) is 2.51. The molecule has 116 valence electrons. The Labute approximate surface area is 140 Å². The van der Waals surface area contributed by atoms with E-state index in [0.717, 1.165) is 5.56 Å². The summed E-state index contributed by atoms with van der Waals surface area (Å²) in [6, 6.07) is 15.2. The molecule has 0 aliphatic carbocycles. The van der Waals surface area contributed by atoms with E-state index in [2.05, 4.69) is 31.0 Å². The molecule has 0 bridgehead atoms. The fourth-order valence-electron chi connectivity index (χ4n) is 2.29. The summed E-state index contributed by atoms with van der Waals surface area (Å²) in [6.07, 6.45) is 1.72. The van der Waals surface area contributed by atoms with Crippen LogP contribution in [0, 0.1) is 0 Å². The first kappa shape index (κ1) is 15.5. The molecular weight excluding hydrogens is 310 g/mol. The molecule has 0 atom stereocenters. The first-order chi connectivity index (χ1) is 11.0. The molecule has 4 heteroatoms. The molecule has 3 rings (SSSR count). The number of ether oxygens (including phenoxy) is 1. The second-order valence-corrected chi connectivity index (χ2v) is 6.04. The largest absolute Gasteiger partial charge is 0.402 e. The molecular formula is C19H16ClNO2. The van der Waals surface area contributed by atoms with Crippen LogP contribution in [0.5, 0.6) is 0 Å². The van der Waals surface area contributed by atoms with Crippen molar-refractivity contribution in [2.24, 2.45) is 4.99 Å². The van der Waals surface area contributed by atoms with Crippen LogP contribution in [-0.4, -0.2) is 11.9 Å². The minimum absolute atomic E-state index is 0.241. The van der Waals surface area contributed by atoms with Gasteiger partial charge in [0.1, 0.15) is 0 Å². The van der Waals surface area contributed by atoms with Crippen molar-refractivity contribution in [3.63, 3.8) is 0 Å². The fraction of sp³-hybridized carbons (Fsp3) is 0.158. The number of carbonyl (C=O) groups excluding carboxylic acids is 1. The molecule has 3 nitrogen and oxygen atoms in total. The van der Waals surface area contributed by atoms with Gasteiger partial charge in [0.25, 0.3) is 0 Å². The van der Waals surface area contributed by atoms with Crippen molar-refractivity contribution in [1.29, 1.82) is 0 Å². The maximum atomic E-state index is 12.0. The average molecular weight is 326 g/mol. The molecule has 0 amide bonds. The first-order valence-corrected chi connectivity index (χ1v) is 7.80. The highest BCUT2D eigenvalue weighted by molar-refractivity contribution is 6.34. The zero-order chi connectivity index (χ0) is 16.4. The second-order valence-electron chi connectivity index (χ2n) is 5.64. The predicted molar refractivity (Wildman–Crippen MR) is 92.6 cm³/mol. The third kappa shape index (κ3) is 3.35. The number of halogens is 1. The normalized spacial score (nSPS) is 15.9. The van der Waals surface area contributed by atoms with Gasteiger partial charge in [0.05, 0.1) is 10.6 Å². The van der Waals surface area contributed by atoms with Gasteiger partial charge in [-0.3, -0.25) is 0 Å². The number of hydrogen-bond donors (Lipinski definition) is 0. The van der Waals surface area contributed by atoms with E-state index in [9.17, 15) is 4.79 Å². The van der Waals surface area contributed by atoms with E-state index in [4.69, 9.17) is 16.3 Å². The summed E-state index contributed by atoms with van der Waals surface area (Å²) in [6.45, 7) is 4.28. The van der Waals surface area contributed by atoms with E-state index in [0.29, 0.717) is 16.5 Å². The Kier molecular flexibility index (Phi) is 4.30. The van der Waals surface area contributed by atoms with Crippen molar-refractivity contribution >= 4 is 29.5 Å². The van der Waals surface area contributed by atoms with Crippen LogP contribution < -0.4 is 0 Å². The quantitative estimate of drug-likeness (QED) is 0.600. The number of hydrogen-bond acceptors (Lipinski definition) is 3. The monoisotopic (exact) mass is 325 g/mol. The van der Waals surface area contributed by atoms with Gasteiger partial charge >= 0.3 is 5.97 Å². The standard InChI is InChI=1S/C19H16ClNO2/c1-12(2)14-9-7-13(8-10-14)11-17-19(22)23-18(21-17)15-5-3-4-6-16(15)20/h3-12H,1-2H3/b17-11+. The molecule has 0 radical (unpaired) electrons. The SMILES string of the molecule is CC(C)c1ccc(/C=C2/N=C(c3ccccc3Cl)OC2=O)cc1. The van der Waals surface area contributed by atoms with Crippen LogP contribution >= 0.6 is 11.6 Å². The molecule has 0 saturated carbocycles. The molecule has 0 unspecified atom stereocenters. The van der Waals surface area contributed by atoms with E-state index in [1.54, 1.807) is 18.2 Å². The van der Waals surface area contributed by atoms with Crippen molar-refractivity contribution in [2.75, 3.05) is 0 Å². The van der Waals surface area contributed by atoms with E-state index >= 15 is 0 Å². The maximum Gasteiger partial charge on any atom is 0.363 e. The van der Waals surface area contributed by atoms with Crippen molar-refractivity contribution in [1.82, 2.24) is 0 Å². The Hall–Kier alpha value is -2.39. The van der Waals surface area contributed by atoms with Crippen LogP contribution in [-0.2, 0) is 9.53 Å². The van der Waals surface area contributed by atoms with Crippen LogP contribution in [0.15, 0.2) is 59.2 Å². The summed E-state index contributed by atoms with van der Waals surface area (Å²) in [4.78, 5) is 16.3. The summed E-state index contributed by atoms with van der Waals surface area (Å²) in [5.74, 6) is 0.247. The van der Waals surface area contributed by atoms with E-state index in [-0.39, 0.29) is 11.6 Å². The highest BCUT2D eigenvalue weighted by atomic mass is 35.5. The number of esters is 1. The van der Waals surface area contributed by atoms with Gasteiger partial charge in [0.15, 0.2) is 5.70 Å². The summed E-state index contributed by atoms with van der Waals surface area (Å²) < 4.78 is 5.23. The van der Waals surface area contributed by atoms with Gasteiger partial charge in [-0.1, -0.05) is 61.8 Å². The smallest absolute Gasteiger partial charge is 0.363 e. The Bertz CT molecular complexity index is 804. The molecule has 0 N–H and O–H groups in total. The van der Waals surface area contributed by atoms with Crippen molar-refractivity contribution in [3.05, 3.63) is 75.9 Å². The molecule has 1 aliphatic rings. The number of aliphatic imine (C=N–C) groups is 1. The molecule has 0 aromatic heterocycles. The van der Waals surface area contributed by atoms with Crippen LogP contribution in [0.25, 0.3) is 6.08 Å². The minimum atomic E-state index is -0.465. The third-order valence-electron chi connectivity index (χ3n) is 3.63. The molecule has 0 saturated heterocycles. The van der Waals surface area contributed by atoms with Gasteiger partial charge in [-0.05, 0) is 35.3 Å². The molecule has 0 spiro atoms. The summed E-state index contributed by atoms with van der Waals surface area (Å²) in [7, 11) is 0. The van der Waals surface area contributed by atoms with Crippen molar-refractivity contribution in [2.45, 2.75) is 19.8 Å². The Morgan fingerprint density at radius 2 is 1.78 bits per heavy atom. The van der Waals surface area contributed by atoms with Gasteiger partial charge < -0.3 is 4.74 Å². The molecule has 2 aromatic carbocycles. The van der Waals surface area contributed by atoms with Gasteiger partial charge in [-0.25, -0.2) is 9.79 Å². The number of benzene rings is 2. The molecule has 0 fully saturated rings. The van der Waals surface area contributed by atoms with E-state index in [1.165, 1.54) is 5.56 Å². The summed E-state index contributed by atoms with van der Waals surface area (Å²) in [5.41, 5.74) is 3.05. The minimum Gasteiger partial charge on any atom is -0.402 e. The zero-order valence-corrected chi connectivity index (χ0v) is 13.7. The number of rotatable bonds is 3. The zero-order valence-electron chi connectivity index (χ0n) is 12.9. The lowest BCUT2D eigenvalue weighted by Crippen LogP contribution is -2.05. The van der Waals surface area contributed by atoms with Crippen molar-refractivity contribution in [3.8, 4) is 0 Å². The van der Waals surface area contributed by atoms with Crippen LogP contribution in [0.2, 0.25) is 5.02 Å². The highest BCUT2D eigenvalue weighted by Gasteiger charge is 2.25. The molecule has 23 heavy (non-hydrogen) atoms. The number of nitrogens with zero attached hydrogens (tertiary/aromatic N) is 1. The molecule has 1 heterocycles. The van der Waals surface area contributed by atoms with E-state index in [1.807, 2.05) is 24.3 Å². The lowest BCUT2D eigenvalue weighted by atomic mass is 10.0. The molecule has 2 aromatic rings. The lowest BCUT2D eigenvalue weighted by molar-refractivity contribution is -0.129. The van der Waals surface area contributed by atoms with Gasteiger partial charge in [0, 0.05) is 0 Å². The van der Waals surface area contributed by atoms with Gasteiger partial charge in [-0.2, -0.15) is 0 Å². The number of cyclic esters (lactones) is 1. The molecule has 1 aliphatic heterocycles. The lowest BCUT2D eigenvalue weighted by Gasteiger charge is -2.04. The Morgan fingerprint density at radius 1 is 1.09 bits per heavy atom. The Morgan fingerprint density at radius 3 is 2.43 bits per heavy atom. The van der Waals surface area contributed by atoms with Crippen molar-refractivity contribution < 1.29 is 9.53 Å². The maximum absolute atomic E-state index is 12.0.